The molecule has 0 fully saturated rings. The molecular formula is C20H17N5O4. The molecule has 0 spiro atoms. The van der Waals surface area contributed by atoms with Crippen molar-refractivity contribution in [2.75, 3.05) is 23.9 Å². The van der Waals surface area contributed by atoms with E-state index in [1.165, 1.54) is 13.4 Å². The van der Waals surface area contributed by atoms with Crippen LogP contribution >= 0.6 is 0 Å². The van der Waals surface area contributed by atoms with Crippen molar-refractivity contribution >= 4 is 34.7 Å². The second kappa shape index (κ2) is 7.55. The molecule has 1 aliphatic rings. The van der Waals surface area contributed by atoms with Crippen LogP contribution in [-0.4, -0.2) is 34.5 Å². The van der Waals surface area contributed by atoms with Gasteiger partial charge in [0.05, 0.1) is 17.6 Å². The third kappa shape index (κ3) is 3.45. The Morgan fingerprint density at radius 3 is 2.66 bits per heavy atom. The fourth-order valence-corrected chi connectivity index (χ4v) is 3.33. The zero-order valence-corrected chi connectivity index (χ0v) is 15.5. The zero-order chi connectivity index (χ0) is 20.4. The first kappa shape index (κ1) is 18.4. The molecular weight excluding hydrogens is 374 g/mol. The number of hydrogen-bond acceptors (Lipinski definition) is 8. The molecule has 3 aromatic rings. The first-order valence-corrected chi connectivity index (χ1v) is 8.88. The van der Waals surface area contributed by atoms with Gasteiger partial charge in [0.1, 0.15) is 6.33 Å². The molecule has 0 aliphatic carbocycles. The molecule has 0 saturated heterocycles. The lowest BCUT2D eigenvalue weighted by Gasteiger charge is -2.19. The number of methoxy groups -OCH3 is 1. The summed E-state index contributed by atoms with van der Waals surface area (Å²) in [7, 11) is 1.30. The van der Waals surface area contributed by atoms with Gasteiger partial charge in [-0.05, 0) is 42.3 Å². The maximum Gasteiger partial charge on any atom is 0.354 e. The molecule has 1 aromatic heterocycles. The van der Waals surface area contributed by atoms with Gasteiger partial charge in [-0.15, -0.1) is 0 Å². The van der Waals surface area contributed by atoms with Gasteiger partial charge in [-0.3, -0.25) is 10.1 Å². The van der Waals surface area contributed by atoms with Crippen LogP contribution in [0.3, 0.4) is 0 Å². The quantitative estimate of drug-likeness (QED) is 0.399. The highest BCUT2D eigenvalue weighted by molar-refractivity contribution is 5.90. The maximum absolute atomic E-state index is 11.9. The number of para-hydroxylation sites is 1. The number of rotatable bonds is 5. The molecule has 0 unspecified atom stereocenters. The Kier molecular flexibility index (Phi) is 4.78. The van der Waals surface area contributed by atoms with Gasteiger partial charge in [0.2, 0.25) is 11.6 Å². The smallest absolute Gasteiger partial charge is 0.354 e. The van der Waals surface area contributed by atoms with Crippen LogP contribution in [0.2, 0.25) is 0 Å². The minimum absolute atomic E-state index is 0.0789. The largest absolute Gasteiger partial charge is 0.465 e. The summed E-state index contributed by atoms with van der Waals surface area (Å²) in [6.45, 7) is 0.602. The molecule has 0 amide bonds. The third-order valence-electron chi connectivity index (χ3n) is 4.70. The number of ether oxygens (including phenoxy) is 1. The van der Waals surface area contributed by atoms with E-state index >= 15 is 0 Å². The zero-order valence-electron chi connectivity index (χ0n) is 15.5. The van der Waals surface area contributed by atoms with E-state index in [0.717, 1.165) is 17.7 Å². The number of fused-ring (bicyclic) bond motifs is 1. The molecule has 9 nitrogen and oxygen atoms in total. The predicted molar refractivity (Wildman–Crippen MR) is 107 cm³/mol. The Hall–Kier alpha value is -4.01. The number of benzene rings is 2. The van der Waals surface area contributed by atoms with Gasteiger partial charge in [0.15, 0.2) is 0 Å². The Labute approximate surface area is 166 Å². The first-order valence-electron chi connectivity index (χ1n) is 8.88. The van der Waals surface area contributed by atoms with Crippen LogP contribution < -0.4 is 10.2 Å². The summed E-state index contributed by atoms with van der Waals surface area (Å²) in [5.74, 6) is -0.140. The highest BCUT2D eigenvalue weighted by atomic mass is 16.6. The van der Waals surface area contributed by atoms with Crippen LogP contribution in [0.15, 0.2) is 54.9 Å². The number of aromatic nitrogens is 2. The van der Waals surface area contributed by atoms with E-state index in [2.05, 4.69) is 20.0 Å². The highest BCUT2D eigenvalue weighted by Gasteiger charge is 2.31. The minimum atomic E-state index is -0.485. The van der Waals surface area contributed by atoms with Gasteiger partial charge in [-0.25, -0.2) is 14.8 Å². The standard InChI is InChI=1S/C20H17N5O4/c1-29-20(26)14-6-8-15(9-7-14)23-18-17(25(27)28)19(22-12-21-18)24-11-10-13-4-2-3-5-16(13)24/h2-9,12H,10-11H2,1H3,(H,21,22,23). The third-order valence-corrected chi connectivity index (χ3v) is 4.70. The summed E-state index contributed by atoms with van der Waals surface area (Å²) in [6, 6.07) is 14.2. The van der Waals surface area contributed by atoms with Gasteiger partial charge in [0.25, 0.3) is 0 Å². The lowest BCUT2D eigenvalue weighted by Crippen LogP contribution is -2.17. The van der Waals surface area contributed by atoms with Crippen LogP contribution in [0, 0.1) is 10.1 Å². The molecule has 2 heterocycles. The summed E-state index contributed by atoms with van der Waals surface area (Å²) in [5.41, 5.74) is 2.74. The average molecular weight is 391 g/mol. The molecule has 2 aromatic carbocycles. The van der Waals surface area contributed by atoms with Crippen LogP contribution in [0.5, 0.6) is 0 Å². The number of carbonyl (C=O) groups is 1. The van der Waals surface area contributed by atoms with Crippen molar-refractivity contribution in [1.29, 1.82) is 0 Å². The van der Waals surface area contributed by atoms with Crippen LogP contribution in [0.1, 0.15) is 15.9 Å². The van der Waals surface area contributed by atoms with Crippen LogP contribution in [0.4, 0.5) is 28.7 Å². The second-order valence-corrected chi connectivity index (χ2v) is 6.38. The van der Waals surface area contributed by atoms with E-state index in [9.17, 15) is 14.9 Å². The molecule has 146 valence electrons. The minimum Gasteiger partial charge on any atom is -0.465 e. The van der Waals surface area contributed by atoms with Crippen molar-refractivity contribution in [2.45, 2.75) is 6.42 Å². The van der Waals surface area contributed by atoms with Gasteiger partial charge in [-0.2, -0.15) is 0 Å². The van der Waals surface area contributed by atoms with Crippen LogP contribution in [0.25, 0.3) is 0 Å². The lowest BCUT2D eigenvalue weighted by molar-refractivity contribution is -0.383. The summed E-state index contributed by atoms with van der Waals surface area (Å²) in [6.07, 6.45) is 2.09. The summed E-state index contributed by atoms with van der Waals surface area (Å²) in [5, 5.41) is 14.8. The predicted octanol–water partition coefficient (Wildman–Crippen LogP) is 3.61. The maximum atomic E-state index is 11.9. The SMILES string of the molecule is COC(=O)c1ccc(Nc2ncnc(N3CCc4ccccc43)c2[N+](=O)[O-])cc1. The molecule has 0 radical (unpaired) electrons. The topological polar surface area (TPSA) is 110 Å². The number of nitrogens with zero attached hydrogens (tertiary/aromatic N) is 4. The van der Waals surface area contributed by atoms with E-state index in [0.29, 0.717) is 17.8 Å². The monoisotopic (exact) mass is 391 g/mol. The normalized spacial score (nSPS) is 12.4. The fraction of sp³-hybridized carbons (Fsp3) is 0.150. The van der Waals surface area contributed by atoms with Crippen molar-refractivity contribution in [3.8, 4) is 0 Å². The number of hydrogen-bond donors (Lipinski definition) is 1. The Bertz CT molecular complexity index is 1080. The van der Waals surface area contributed by atoms with Crippen LogP contribution in [-0.2, 0) is 11.2 Å². The molecule has 1 aliphatic heterocycles. The van der Waals surface area contributed by atoms with E-state index in [-0.39, 0.29) is 17.3 Å². The van der Waals surface area contributed by atoms with E-state index < -0.39 is 10.9 Å². The average Bonchev–Trinajstić information content (AvgIpc) is 3.17. The molecule has 1 N–H and O–H groups in total. The van der Waals surface area contributed by atoms with Crippen molar-refractivity contribution in [3.05, 3.63) is 76.1 Å². The summed E-state index contributed by atoms with van der Waals surface area (Å²) >= 11 is 0. The van der Waals surface area contributed by atoms with Crippen molar-refractivity contribution in [1.82, 2.24) is 9.97 Å². The molecule has 9 heteroatoms. The Morgan fingerprint density at radius 2 is 1.93 bits per heavy atom. The van der Waals surface area contributed by atoms with Crippen molar-refractivity contribution in [2.24, 2.45) is 0 Å². The number of nitro groups is 1. The van der Waals surface area contributed by atoms with E-state index in [1.807, 2.05) is 29.2 Å². The van der Waals surface area contributed by atoms with Gasteiger partial charge < -0.3 is 15.0 Å². The van der Waals surface area contributed by atoms with E-state index in [1.54, 1.807) is 24.3 Å². The van der Waals surface area contributed by atoms with Gasteiger partial charge in [0, 0.05) is 17.9 Å². The molecule has 4 rings (SSSR count). The number of anilines is 4. The highest BCUT2D eigenvalue weighted by Crippen LogP contribution is 2.40. The number of carbonyl (C=O) groups excluding carboxylic acids is 1. The van der Waals surface area contributed by atoms with Crippen molar-refractivity contribution in [3.63, 3.8) is 0 Å². The van der Waals surface area contributed by atoms with E-state index in [4.69, 9.17) is 0 Å². The van der Waals surface area contributed by atoms with Crippen molar-refractivity contribution < 1.29 is 14.5 Å². The molecule has 0 atom stereocenters. The lowest BCUT2D eigenvalue weighted by atomic mass is 10.2. The molecule has 29 heavy (non-hydrogen) atoms. The summed E-state index contributed by atoms with van der Waals surface area (Å²) in [4.78, 5) is 33.1. The second-order valence-electron chi connectivity index (χ2n) is 6.38. The number of nitrogens with one attached hydrogen (secondary N) is 1. The van der Waals surface area contributed by atoms with Gasteiger partial charge >= 0.3 is 11.7 Å². The number of esters is 1. The molecule has 0 bridgehead atoms. The first-order chi connectivity index (χ1) is 14.1. The fourth-order valence-electron chi connectivity index (χ4n) is 3.33. The Morgan fingerprint density at radius 1 is 1.17 bits per heavy atom. The molecule has 0 saturated carbocycles. The summed E-state index contributed by atoms with van der Waals surface area (Å²) < 4.78 is 4.67. The Balaban J connectivity index is 1.70. The van der Waals surface area contributed by atoms with Gasteiger partial charge in [-0.1, -0.05) is 18.2 Å².